The van der Waals surface area contributed by atoms with Gasteiger partial charge in [-0.2, -0.15) is 0 Å². The summed E-state index contributed by atoms with van der Waals surface area (Å²) in [6.07, 6.45) is 0.137. The topological polar surface area (TPSA) is 122 Å². The molecule has 0 bridgehead atoms. The van der Waals surface area contributed by atoms with Crippen molar-refractivity contribution >= 4 is 27.6 Å². The van der Waals surface area contributed by atoms with Crippen LogP contribution in [0.3, 0.4) is 0 Å². The van der Waals surface area contributed by atoms with Crippen molar-refractivity contribution in [3.05, 3.63) is 53.6 Å². The van der Waals surface area contributed by atoms with Crippen LogP contribution in [0.15, 0.2) is 47.4 Å². The highest BCUT2D eigenvalue weighted by molar-refractivity contribution is 7.92. The molecule has 2 aromatic carbocycles. The summed E-state index contributed by atoms with van der Waals surface area (Å²) in [6, 6.07) is 10.7. The number of amides is 1. The Hall–Kier alpha value is -3.11. The summed E-state index contributed by atoms with van der Waals surface area (Å²) < 4.78 is 39.8. The van der Waals surface area contributed by atoms with E-state index in [4.69, 9.17) is 14.6 Å². The molecule has 10 heteroatoms. The van der Waals surface area contributed by atoms with Gasteiger partial charge in [0.25, 0.3) is 15.9 Å². The van der Waals surface area contributed by atoms with Crippen molar-refractivity contribution in [2.75, 3.05) is 18.4 Å². The number of sulfonamides is 1. The maximum atomic E-state index is 13.2. The van der Waals surface area contributed by atoms with Crippen LogP contribution in [0.2, 0.25) is 0 Å². The fourth-order valence-electron chi connectivity index (χ4n) is 4.22. The fraction of sp³-hybridized carbons (Fsp3) is 0.391. The van der Waals surface area contributed by atoms with Gasteiger partial charge in [-0.15, -0.1) is 0 Å². The number of rotatable bonds is 5. The number of ether oxygens (including phenoxy) is 2. The fourth-order valence-corrected chi connectivity index (χ4v) is 5.27. The van der Waals surface area contributed by atoms with Crippen molar-refractivity contribution in [2.45, 2.75) is 49.3 Å². The van der Waals surface area contributed by atoms with E-state index >= 15 is 0 Å². The second-order valence-electron chi connectivity index (χ2n) is 8.40. The molecule has 1 amide bonds. The van der Waals surface area contributed by atoms with Crippen LogP contribution < -0.4 is 9.46 Å². The molecule has 33 heavy (non-hydrogen) atoms. The normalized spacial score (nSPS) is 22.9. The lowest BCUT2D eigenvalue weighted by Gasteiger charge is -2.42. The van der Waals surface area contributed by atoms with Crippen LogP contribution in [0.1, 0.15) is 35.2 Å². The number of fused-ring (bicyclic) bond motifs is 2. The molecule has 0 aliphatic carbocycles. The van der Waals surface area contributed by atoms with E-state index in [1.807, 2.05) is 6.92 Å². The van der Waals surface area contributed by atoms with Crippen molar-refractivity contribution in [3.8, 4) is 5.75 Å². The second-order valence-corrected chi connectivity index (χ2v) is 10.1. The van der Waals surface area contributed by atoms with Crippen LogP contribution >= 0.6 is 0 Å². The number of carbonyl (C=O) groups excluding carboxylic acids is 1. The van der Waals surface area contributed by atoms with E-state index in [1.54, 1.807) is 30.1 Å². The molecule has 0 saturated carbocycles. The van der Waals surface area contributed by atoms with Gasteiger partial charge in [-0.05, 0) is 50.1 Å². The molecule has 176 valence electrons. The molecule has 1 saturated heterocycles. The Bertz CT molecular complexity index is 1160. The van der Waals surface area contributed by atoms with Crippen molar-refractivity contribution in [1.29, 1.82) is 0 Å². The van der Waals surface area contributed by atoms with Crippen molar-refractivity contribution in [2.24, 2.45) is 0 Å². The number of likely N-dealkylation sites (N-methyl/N-ethyl adjacent to an activating group) is 1. The van der Waals surface area contributed by atoms with Gasteiger partial charge in [0.2, 0.25) is 0 Å². The summed E-state index contributed by atoms with van der Waals surface area (Å²) in [5.41, 5.74) is 1.44. The highest BCUT2D eigenvalue weighted by Crippen LogP contribution is 2.33. The first kappa shape index (κ1) is 23.1. The first-order chi connectivity index (χ1) is 15.6. The molecular weight excluding hydrogens is 448 g/mol. The van der Waals surface area contributed by atoms with Gasteiger partial charge in [0.05, 0.1) is 29.0 Å². The minimum absolute atomic E-state index is 0.0953. The van der Waals surface area contributed by atoms with Gasteiger partial charge in [0, 0.05) is 12.7 Å². The van der Waals surface area contributed by atoms with Gasteiger partial charge >= 0.3 is 5.97 Å². The zero-order valence-electron chi connectivity index (χ0n) is 18.4. The summed E-state index contributed by atoms with van der Waals surface area (Å²) in [7, 11) is -2.16. The minimum Gasteiger partial charge on any atom is -0.490 e. The van der Waals surface area contributed by atoms with Crippen LogP contribution in [0.4, 0.5) is 5.69 Å². The zero-order valence-corrected chi connectivity index (χ0v) is 19.2. The number of nitrogens with zero attached hydrogens (tertiary/aromatic N) is 1. The average Bonchev–Trinajstić information content (AvgIpc) is 2.76. The van der Waals surface area contributed by atoms with Gasteiger partial charge < -0.3 is 19.5 Å². The molecule has 0 unspecified atom stereocenters. The van der Waals surface area contributed by atoms with Crippen LogP contribution in [0, 0.1) is 6.92 Å². The number of carbonyl (C=O) groups is 2. The lowest BCUT2D eigenvalue weighted by molar-refractivity contribution is -0.148. The Labute approximate surface area is 192 Å². The van der Waals surface area contributed by atoms with Gasteiger partial charge in [-0.1, -0.05) is 17.7 Å². The summed E-state index contributed by atoms with van der Waals surface area (Å²) in [4.78, 5) is 26.0. The SMILES string of the molecule is Cc1ccc(S(=O)(=O)Nc2ccc3c(c2)C(=O)N(C)[C@H]2CC[C@H](CC(=O)O)O[C@H]2CO3)cc1. The van der Waals surface area contributed by atoms with Crippen LogP contribution in [-0.4, -0.2) is 62.2 Å². The Morgan fingerprint density at radius 2 is 1.91 bits per heavy atom. The van der Waals surface area contributed by atoms with Crippen LogP contribution in [-0.2, 0) is 19.6 Å². The van der Waals surface area contributed by atoms with Gasteiger partial charge in [-0.25, -0.2) is 8.42 Å². The van der Waals surface area contributed by atoms with Gasteiger partial charge in [0.1, 0.15) is 18.5 Å². The average molecular weight is 475 g/mol. The predicted octanol–water partition coefficient (Wildman–Crippen LogP) is 2.65. The number of hydrogen-bond donors (Lipinski definition) is 2. The second kappa shape index (κ2) is 9.03. The number of aliphatic carboxylic acids is 1. The monoisotopic (exact) mass is 474 g/mol. The van der Waals surface area contributed by atoms with E-state index in [0.717, 1.165) is 5.56 Å². The highest BCUT2D eigenvalue weighted by atomic mass is 32.2. The van der Waals surface area contributed by atoms with Crippen molar-refractivity contribution in [1.82, 2.24) is 4.90 Å². The maximum Gasteiger partial charge on any atom is 0.305 e. The zero-order chi connectivity index (χ0) is 23.8. The van der Waals surface area contributed by atoms with E-state index < -0.39 is 28.2 Å². The summed E-state index contributed by atoms with van der Waals surface area (Å²) >= 11 is 0. The lowest BCUT2D eigenvalue weighted by Crippen LogP contribution is -2.53. The van der Waals surface area contributed by atoms with Gasteiger partial charge in [-0.3, -0.25) is 14.3 Å². The summed E-state index contributed by atoms with van der Waals surface area (Å²) in [5, 5.41) is 9.05. The molecule has 2 heterocycles. The third-order valence-electron chi connectivity index (χ3n) is 6.00. The van der Waals surface area contributed by atoms with Crippen LogP contribution in [0.25, 0.3) is 0 Å². The van der Waals surface area contributed by atoms with E-state index in [9.17, 15) is 18.0 Å². The molecule has 2 aliphatic heterocycles. The standard InChI is InChI=1S/C23H26N2O7S/c1-14-3-7-17(8-4-14)33(29,30)24-15-5-10-20-18(11-15)23(28)25(2)19-9-6-16(12-22(26)27)32-21(19)13-31-20/h3-5,7-8,10-11,16,19,21,24H,6,9,12-13H2,1-2H3,(H,26,27)/t16-,19+,21+/m1/s1. The maximum absolute atomic E-state index is 13.2. The number of carboxylic acid groups (broad SMARTS) is 1. The molecule has 2 aromatic rings. The smallest absolute Gasteiger partial charge is 0.305 e. The van der Waals surface area contributed by atoms with Crippen molar-refractivity contribution in [3.63, 3.8) is 0 Å². The first-order valence-corrected chi connectivity index (χ1v) is 12.1. The van der Waals surface area contributed by atoms with E-state index in [-0.39, 0.29) is 41.1 Å². The molecule has 1 fully saturated rings. The summed E-state index contributed by atoms with van der Waals surface area (Å²) in [5.74, 6) is -0.940. The molecule has 4 rings (SSSR count). The van der Waals surface area contributed by atoms with E-state index in [2.05, 4.69) is 4.72 Å². The lowest BCUT2D eigenvalue weighted by atomic mass is 9.95. The number of carboxylic acids is 1. The molecule has 0 spiro atoms. The number of benzene rings is 2. The Morgan fingerprint density at radius 1 is 1.18 bits per heavy atom. The van der Waals surface area contributed by atoms with Crippen LogP contribution in [0.5, 0.6) is 5.75 Å². The molecule has 3 atom stereocenters. The summed E-state index contributed by atoms with van der Waals surface area (Å²) in [6.45, 7) is 2.02. The Balaban J connectivity index is 1.57. The molecule has 9 nitrogen and oxygen atoms in total. The molecule has 2 N–H and O–H groups in total. The Kier molecular flexibility index (Phi) is 6.31. The van der Waals surface area contributed by atoms with E-state index in [0.29, 0.717) is 18.6 Å². The first-order valence-electron chi connectivity index (χ1n) is 10.6. The van der Waals surface area contributed by atoms with Gasteiger partial charge in [0.15, 0.2) is 0 Å². The minimum atomic E-state index is -3.82. The third-order valence-corrected chi connectivity index (χ3v) is 7.39. The number of hydrogen-bond acceptors (Lipinski definition) is 6. The molecule has 0 aromatic heterocycles. The highest BCUT2D eigenvalue weighted by Gasteiger charge is 2.39. The largest absolute Gasteiger partial charge is 0.490 e. The molecule has 0 radical (unpaired) electrons. The van der Waals surface area contributed by atoms with E-state index in [1.165, 1.54) is 24.3 Å². The molecular formula is C23H26N2O7S. The third kappa shape index (κ3) is 4.96. The number of aryl methyl sites for hydroxylation is 1. The number of nitrogens with one attached hydrogen (secondary N) is 1. The molecule has 2 aliphatic rings. The number of anilines is 1. The quantitative estimate of drug-likeness (QED) is 0.683. The predicted molar refractivity (Wildman–Crippen MR) is 120 cm³/mol. The van der Waals surface area contributed by atoms with Crippen molar-refractivity contribution < 1.29 is 32.6 Å². The Morgan fingerprint density at radius 3 is 2.61 bits per heavy atom.